The maximum atomic E-state index is 8.80. The Hall–Kier alpha value is -3.98. The predicted octanol–water partition coefficient (Wildman–Crippen LogP) is 5.97. The molecule has 1 fully saturated rings. The Kier molecular flexibility index (Phi) is 7.08. The molecule has 0 atom stereocenters. The van der Waals surface area contributed by atoms with Crippen molar-refractivity contribution in [3.05, 3.63) is 82.1 Å². The molecule has 2 heterocycles. The summed E-state index contributed by atoms with van der Waals surface area (Å²) in [5.74, 6) is 2.95. The van der Waals surface area contributed by atoms with E-state index in [4.69, 9.17) is 20.6 Å². The second-order valence-electron chi connectivity index (χ2n) is 8.72. The molecule has 9 heteroatoms. The van der Waals surface area contributed by atoms with E-state index in [-0.39, 0.29) is 5.71 Å². The van der Waals surface area contributed by atoms with Gasteiger partial charge in [-0.25, -0.2) is 15.0 Å². The lowest BCUT2D eigenvalue weighted by molar-refractivity contribution is 0.308. The SMILES string of the molecule is Cc1ncc(COc2cccc(Oc3ccc(C(=N)c4c(N)ncnc4NC4CCCC4)cc3)c2)s1. The highest BCUT2D eigenvalue weighted by Crippen LogP contribution is 2.29. The second-order valence-corrected chi connectivity index (χ2v) is 10.0. The number of rotatable bonds is 9. The number of nitrogen functional groups attached to an aromatic ring is 1. The number of benzene rings is 2. The lowest BCUT2D eigenvalue weighted by Crippen LogP contribution is -2.20. The van der Waals surface area contributed by atoms with E-state index in [0.717, 1.165) is 28.5 Å². The molecule has 5 rings (SSSR count). The molecular weight excluding hydrogens is 472 g/mol. The topological polar surface area (TPSA) is 119 Å². The van der Waals surface area contributed by atoms with Gasteiger partial charge in [0.2, 0.25) is 0 Å². The Balaban J connectivity index is 1.26. The molecule has 4 aromatic rings. The van der Waals surface area contributed by atoms with Gasteiger partial charge in [0.25, 0.3) is 0 Å². The molecule has 0 aliphatic heterocycles. The van der Waals surface area contributed by atoms with Gasteiger partial charge in [-0.1, -0.05) is 18.9 Å². The molecule has 4 N–H and O–H groups in total. The molecule has 2 aromatic carbocycles. The molecule has 2 aromatic heterocycles. The summed E-state index contributed by atoms with van der Waals surface area (Å²) in [6.45, 7) is 2.44. The highest BCUT2D eigenvalue weighted by atomic mass is 32.1. The number of hydrogen-bond acceptors (Lipinski definition) is 9. The van der Waals surface area contributed by atoms with Crippen LogP contribution >= 0.6 is 11.3 Å². The summed E-state index contributed by atoms with van der Waals surface area (Å²) in [5, 5.41) is 13.3. The summed E-state index contributed by atoms with van der Waals surface area (Å²) >= 11 is 1.62. The van der Waals surface area contributed by atoms with E-state index >= 15 is 0 Å². The minimum atomic E-state index is 0.272. The molecule has 8 nitrogen and oxygen atoms in total. The Morgan fingerprint density at radius 1 is 1.06 bits per heavy atom. The normalized spacial score (nSPS) is 13.5. The maximum absolute atomic E-state index is 8.80. The predicted molar refractivity (Wildman–Crippen MR) is 142 cm³/mol. The van der Waals surface area contributed by atoms with E-state index < -0.39 is 0 Å². The van der Waals surface area contributed by atoms with Crippen molar-refractivity contribution in [3.8, 4) is 17.2 Å². The molecule has 184 valence electrons. The summed E-state index contributed by atoms with van der Waals surface area (Å²) in [6, 6.07) is 15.2. The zero-order chi connectivity index (χ0) is 24.9. The van der Waals surface area contributed by atoms with Crippen LogP contribution in [0.3, 0.4) is 0 Å². The fourth-order valence-electron chi connectivity index (χ4n) is 4.24. The number of anilines is 2. The molecule has 1 aliphatic carbocycles. The molecule has 0 unspecified atom stereocenters. The van der Waals surface area contributed by atoms with E-state index in [0.29, 0.717) is 46.9 Å². The summed E-state index contributed by atoms with van der Waals surface area (Å²) in [5.41, 5.74) is 7.67. The molecule has 1 aliphatic rings. The summed E-state index contributed by atoms with van der Waals surface area (Å²) in [4.78, 5) is 13.8. The van der Waals surface area contributed by atoms with E-state index in [1.807, 2.05) is 61.7 Å². The van der Waals surface area contributed by atoms with Gasteiger partial charge in [-0.3, -0.25) is 5.41 Å². The van der Waals surface area contributed by atoms with Crippen LogP contribution in [0.1, 0.15) is 46.7 Å². The van der Waals surface area contributed by atoms with Crippen LogP contribution in [-0.2, 0) is 6.61 Å². The van der Waals surface area contributed by atoms with E-state index in [1.165, 1.54) is 19.2 Å². The van der Waals surface area contributed by atoms with Crippen LogP contribution in [0.2, 0.25) is 0 Å². The lowest BCUT2D eigenvalue weighted by atomic mass is 10.0. The number of nitrogens with two attached hydrogens (primary N) is 1. The van der Waals surface area contributed by atoms with Gasteiger partial charge < -0.3 is 20.5 Å². The Morgan fingerprint density at radius 3 is 2.58 bits per heavy atom. The van der Waals surface area contributed by atoms with Gasteiger partial charge in [0.05, 0.1) is 21.2 Å². The molecule has 0 saturated heterocycles. The third-order valence-electron chi connectivity index (χ3n) is 6.06. The third-order valence-corrected chi connectivity index (χ3v) is 6.94. The summed E-state index contributed by atoms with van der Waals surface area (Å²) in [6.07, 6.45) is 7.87. The van der Waals surface area contributed by atoms with Crippen LogP contribution < -0.4 is 20.5 Å². The average molecular weight is 501 g/mol. The zero-order valence-corrected chi connectivity index (χ0v) is 20.8. The van der Waals surface area contributed by atoms with Gasteiger partial charge in [0.1, 0.15) is 41.8 Å². The van der Waals surface area contributed by atoms with Gasteiger partial charge in [0.15, 0.2) is 0 Å². The first-order valence-electron chi connectivity index (χ1n) is 11.9. The number of thiazole rings is 1. The van der Waals surface area contributed by atoms with Crippen molar-refractivity contribution in [1.29, 1.82) is 5.41 Å². The van der Waals surface area contributed by atoms with Crippen LogP contribution in [0.4, 0.5) is 11.6 Å². The van der Waals surface area contributed by atoms with E-state index in [2.05, 4.69) is 20.3 Å². The molecule has 1 saturated carbocycles. The first-order chi connectivity index (χ1) is 17.5. The van der Waals surface area contributed by atoms with Crippen LogP contribution in [-0.4, -0.2) is 26.7 Å². The molecule has 0 amide bonds. The molecule has 36 heavy (non-hydrogen) atoms. The van der Waals surface area contributed by atoms with Crippen molar-refractivity contribution in [2.24, 2.45) is 0 Å². The number of nitrogens with zero attached hydrogens (tertiary/aromatic N) is 3. The third kappa shape index (κ3) is 5.63. The zero-order valence-electron chi connectivity index (χ0n) is 20.0. The van der Waals surface area contributed by atoms with Crippen LogP contribution in [0.5, 0.6) is 17.2 Å². The van der Waals surface area contributed by atoms with Gasteiger partial charge in [-0.15, -0.1) is 11.3 Å². The molecular formula is C27H28N6O2S. The van der Waals surface area contributed by atoms with Crippen molar-refractivity contribution in [2.45, 2.75) is 45.3 Å². The Morgan fingerprint density at radius 2 is 1.83 bits per heavy atom. The number of nitrogens with one attached hydrogen (secondary N) is 2. The molecule has 0 spiro atoms. The van der Waals surface area contributed by atoms with Gasteiger partial charge >= 0.3 is 0 Å². The second kappa shape index (κ2) is 10.7. The largest absolute Gasteiger partial charge is 0.488 e. The number of ether oxygens (including phenoxy) is 2. The van der Waals surface area contributed by atoms with Crippen LogP contribution in [0, 0.1) is 12.3 Å². The van der Waals surface area contributed by atoms with E-state index in [1.54, 1.807) is 11.3 Å². The van der Waals surface area contributed by atoms with Crippen molar-refractivity contribution in [3.63, 3.8) is 0 Å². The minimum absolute atomic E-state index is 0.272. The standard InChI is InChI=1S/C27H28N6O2S/c1-17-30-14-23(36-17)15-34-21-7-4-8-22(13-21)35-20-11-9-18(10-12-20)25(28)24-26(29)31-16-32-27(24)33-19-5-2-3-6-19/h4,7-14,16,19,28H,2-3,5-6,15H2,1H3,(H3,29,31,32,33). The van der Waals surface area contributed by atoms with Crippen LogP contribution in [0.15, 0.2) is 61.1 Å². The van der Waals surface area contributed by atoms with Gasteiger partial charge in [-0.2, -0.15) is 0 Å². The van der Waals surface area contributed by atoms with Crippen molar-refractivity contribution in [1.82, 2.24) is 15.0 Å². The molecule has 0 bridgehead atoms. The quantitative estimate of drug-likeness (QED) is 0.242. The summed E-state index contributed by atoms with van der Waals surface area (Å²) < 4.78 is 11.9. The number of aromatic nitrogens is 3. The monoisotopic (exact) mass is 500 g/mol. The Labute approximate surface area is 214 Å². The minimum Gasteiger partial charge on any atom is -0.488 e. The van der Waals surface area contributed by atoms with Gasteiger partial charge in [0, 0.05) is 23.9 Å². The highest BCUT2D eigenvalue weighted by molar-refractivity contribution is 7.11. The smallest absolute Gasteiger partial charge is 0.141 e. The fourth-order valence-corrected chi connectivity index (χ4v) is 4.95. The number of aryl methyl sites for hydroxylation is 1. The lowest BCUT2D eigenvalue weighted by Gasteiger charge is -2.17. The van der Waals surface area contributed by atoms with Crippen molar-refractivity contribution >= 4 is 28.7 Å². The fraction of sp³-hybridized carbons (Fsp3) is 0.259. The first-order valence-corrected chi connectivity index (χ1v) is 12.8. The Bertz CT molecular complexity index is 1350. The van der Waals surface area contributed by atoms with Crippen molar-refractivity contribution < 1.29 is 9.47 Å². The van der Waals surface area contributed by atoms with E-state index in [9.17, 15) is 0 Å². The van der Waals surface area contributed by atoms with Crippen molar-refractivity contribution in [2.75, 3.05) is 11.1 Å². The molecule has 0 radical (unpaired) electrons. The van der Waals surface area contributed by atoms with Gasteiger partial charge in [-0.05, 0) is 56.2 Å². The highest BCUT2D eigenvalue weighted by Gasteiger charge is 2.21. The average Bonchev–Trinajstić information content (AvgIpc) is 3.55. The summed E-state index contributed by atoms with van der Waals surface area (Å²) in [7, 11) is 0. The maximum Gasteiger partial charge on any atom is 0.141 e. The first kappa shape index (κ1) is 23.7. The van der Waals surface area contributed by atoms with Crippen LogP contribution in [0.25, 0.3) is 0 Å². The number of hydrogen-bond donors (Lipinski definition) is 3.